The van der Waals surface area contributed by atoms with Crippen molar-refractivity contribution in [3.8, 4) is 0 Å². The Kier molecular flexibility index (Phi) is 5.53. The van der Waals surface area contributed by atoms with Crippen molar-refractivity contribution in [3.63, 3.8) is 0 Å². The van der Waals surface area contributed by atoms with E-state index in [1.165, 1.54) is 37.8 Å². The predicted octanol–water partition coefficient (Wildman–Crippen LogP) is 4.83. The second-order valence-corrected chi connectivity index (χ2v) is 5.95. The van der Waals surface area contributed by atoms with Crippen LogP contribution in [0, 0.1) is 23.5 Å². The SMILES string of the molecule is CCCNC(c1ccc(F)c(F)c1)C1CCC(CC)C1. The van der Waals surface area contributed by atoms with Gasteiger partial charge in [0.25, 0.3) is 0 Å². The molecule has 0 saturated heterocycles. The molecule has 1 aliphatic rings. The third-order valence-corrected chi connectivity index (χ3v) is 4.55. The number of halogens is 2. The number of nitrogens with one attached hydrogen (secondary N) is 1. The average molecular weight is 281 g/mol. The lowest BCUT2D eigenvalue weighted by Gasteiger charge is -2.26. The lowest BCUT2D eigenvalue weighted by Crippen LogP contribution is -2.28. The Hall–Kier alpha value is -0.960. The fraction of sp³-hybridized carbons (Fsp3) is 0.647. The van der Waals surface area contributed by atoms with Gasteiger partial charge in [-0.1, -0.05) is 32.8 Å². The Morgan fingerprint density at radius 3 is 2.60 bits per heavy atom. The van der Waals surface area contributed by atoms with Crippen molar-refractivity contribution < 1.29 is 8.78 Å². The van der Waals surface area contributed by atoms with Gasteiger partial charge in [0.05, 0.1) is 0 Å². The van der Waals surface area contributed by atoms with E-state index in [1.807, 2.05) is 0 Å². The highest BCUT2D eigenvalue weighted by atomic mass is 19.2. The first kappa shape index (κ1) is 15.4. The highest BCUT2D eigenvalue weighted by Crippen LogP contribution is 2.40. The van der Waals surface area contributed by atoms with Crippen molar-refractivity contribution in [3.05, 3.63) is 35.4 Å². The van der Waals surface area contributed by atoms with Crippen molar-refractivity contribution in [2.45, 2.75) is 52.0 Å². The second kappa shape index (κ2) is 7.16. The Balaban J connectivity index is 2.16. The van der Waals surface area contributed by atoms with E-state index in [0.29, 0.717) is 5.92 Å². The van der Waals surface area contributed by atoms with Crippen LogP contribution in [0.4, 0.5) is 8.78 Å². The van der Waals surface area contributed by atoms with Crippen molar-refractivity contribution in [1.82, 2.24) is 5.32 Å². The monoisotopic (exact) mass is 281 g/mol. The van der Waals surface area contributed by atoms with Gasteiger partial charge in [-0.15, -0.1) is 0 Å². The Bertz CT molecular complexity index is 433. The number of benzene rings is 1. The summed E-state index contributed by atoms with van der Waals surface area (Å²) in [6.07, 6.45) is 5.89. The van der Waals surface area contributed by atoms with Crippen LogP contribution in [0.15, 0.2) is 18.2 Å². The number of hydrogen-bond acceptors (Lipinski definition) is 1. The highest BCUT2D eigenvalue weighted by molar-refractivity contribution is 5.22. The van der Waals surface area contributed by atoms with Gasteiger partial charge in [-0.2, -0.15) is 0 Å². The van der Waals surface area contributed by atoms with Gasteiger partial charge in [-0.3, -0.25) is 0 Å². The fourth-order valence-corrected chi connectivity index (χ4v) is 3.35. The molecule has 3 heteroatoms. The van der Waals surface area contributed by atoms with Crippen LogP contribution in [-0.2, 0) is 0 Å². The zero-order valence-electron chi connectivity index (χ0n) is 12.5. The molecule has 1 aromatic rings. The van der Waals surface area contributed by atoms with Gasteiger partial charge >= 0.3 is 0 Å². The molecule has 1 aliphatic carbocycles. The number of hydrogen-bond donors (Lipinski definition) is 1. The van der Waals surface area contributed by atoms with Gasteiger partial charge < -0.3 is 5.32 Å². The molecule has 0 amide bonds. The summed E-state index contributed by atoms with van der Waals surface area (Å²) in [5, 5.41) is 3.53. The molecule has 3 atom stereocenters. The second-order valence-electron chi connectivity index (χ2n) is 5.95. The molecular weight excluding hydrogens is 256 g/mol. The first-order valence-electron chi connectivity index (χ1n) is 7.84. The Morgan fingerprint density at radius 2 is 2.00 bits per heavy atom. The standard InChI is InChI=1S/C17H25F2N/c1-3-9-20-17(13-6-5-12(4-2)10-13)14-7-8-15(18)16(19)11-14/h7-8,11-13,17,20H,3-6,9-10H2,1-2H3. The van der Waals surface area contributed by atoms with Crippen molar-refractivity contribution in [1.29, 1.82) is 0 Å². The summed E-state index contributed by atoms with van der Waals surface area (Å²) in [5.41, 5.74) is 0.888. The van der Waals surface area contributed by atoms with Crippen LogP contribution in [-0.4, -0.2) is 6.54 Å². The Labute approximate surface area is 120 Å². The summed E-state index contributed by atoms with van der Waals surface area (Å²) in [4.78, 5) is 0. The lowest BCUT2D eigenvalue weighted by atomic mass is 9.90. The summed E-state index contributed by atoms with van der Waals surface area (Å²) in [6.45, 7) is 5.27. The van der Waals surface area contributed by atoms with Gasteiger partial charge in [0.2, 0.25) is 0 Å². The highest BCUT2D eigenvalue weighted by Gasteiger charge is 2.30. The van der Waals surface area contributed by atoms with E-state index < -0.39 is 11.6 Å². The minimum Gasteiger partial charge on any atom is -0.310 e. The molecule has 1 N–H and O–H groups in total. The van der Waals surface area contributed by atoms with Crippen LogP contribution in [0.5, 0.6) is 0 Å². The smallest absolute Gasteiger partial charge is 0.159 e. The maximum Gasteiger partial charge on any atom is 0.159 e. The molecule has 1 fully saturated rings. The van der Waals surface area contributed by atoms with Crippen LogP contribution < -0.4 is 5.32 Å². The van der Waals surface area contributed by atoms with Crippen LogP contribution in [0.2, 0.25) is 0 Å². The van der Waals surface area contributed by atoms with Gasteiger partial charge in [-0.05, 0) is 55.3 Å². The van der Waals surface area contributed by atoms with Gasteiger partial charge in [-0.25, -0.2) is 8.78 Å². The van der Waals surface area contributed by atoms with E-state index in [9.17, 15) is 8.78 Å². The maximum absolute atomic E-state index is 13.5. The van der Waals surface area contributed by atoms with E-state index in [4.69, 9.17) is 0 Å². The average Bonchev–Trinajstić information content (AvgIpc) is 2.92. The molecule has 0 spiro atoms. The fourth-order valence-electron chi connectivity index (χ4n) is 3.35. The van der Waals surface area contributed by atoms with Crippen LogP contribution in [0.1, 0.15) is 57.6 Å². The van der Waals surface area contributed by atoms with Crippen molar-refractivity contribution in [2.24, 2.45) is 11.8 Å². The van der Waals surface area contributed by atoms with Gasteiger partial charge in [0, 0.05) is 6.04 Å². The maximum atomic E-state index is 13.5. The zero-order chi connectivity index (χ0) is 14.5. The largest absolute Gasteiger partial charge is 0.310 e. The van der Waals surface area contributed by atoms with Crippen molar-refractivity contribution >= 4 is 0 Å². The van der Waals surface area contributed by atoms with E-state index in [-0.39, 0.29) is 6.04 Å². The molecule has 1 saturated carbocycles. The van der Waals surface area contributed by atoms with Gasteiger partial charge in [0.1, 0.15) is 0 Å². The summed E-state index contributed by atoms with van der Waals surface area (Å²) in [5.74, 6) is -0.177. The van der Waals surface area contributed by atoms with Crippen LogP contribution in [0.3, 0.4) is 0 Å². The molecule has 0 aliphatic heterocycles. The topological polar surface area (TPSA) is 12.0 Å². The van der Waals surface area contributed by atoms with Gasteiger partial charge in [0.15, 0.2) is 11.6 Å². The molecule has 0 aromatic heterocycles. The van der Waals surface area contributed by atoms with E-state index in [0.717, 1.165) is 24.4 Å². The molecule has 1 aromatic carbocycles. The van der Waals surface area contributed by atoms with Crippen LogP contribution >= 0.6 is 0 Å². The van der Waals surface area contributed by atoms with E-state index in [1.54, 1.807) is 6.07 Å². The zero-order valence-corrected chi connectivity index (χ0v) is 12.5. The molecule has 1 nitrogen and oxygen atoms in total. The summed E-state index contributed by atoms with van der Waals surface area (Å²) in [6, 6.07) is 4.49. The molecule has 112 valence electrons. The third-order valence-electron chi connectivity index (χ3n) is 4.55. The first-order valence-corrected chi connectivity index (χ1v) is 7.84. The minimum absolute atomic E-state index is 0.154. The Morgan fingerprint density at radius 1 is 1.20 bits per heavy atom. The molecule has 20 heavy (non-hydrogen) atoms. The summed E-state index contributed by atoms with van der Waals surface area (Å²) < 4.78 is 26.6. The van der Waals surface area contributed by atoms with Crippen molar-refractivity contribution in [2.75, 3.05) is 6.54 Å². The first-order chi connectivity index (χ1) is 9.65. The quantitative estimate of drug-likeness (QED) is 0.787. The minimum atomic E-state index is -0.763. The molecule has 3 unspecified atom stereocenters. The predicted molar refractivity (Wildman–Crippen MR) is 78.5 cm³/mol. The van der Waals surface area contributed by atoms with E-state index in [2.05, 4.69) is 19.2 Å². The molecule has 0 heterocycles. The lowest BCUT2D eigenvalue weighted by molar-refractivity contribution is 0.352. The summed E-state index contributed by atoms with van der Waals surface area (Å²) >= 11 is 0. The summed E-state index contributed by atoms with van der Waals surface area (Å²) in [7, 11) is 0. The van der Waals surface area contributed by atoms with E-state index >= 15 is 0 Å². The molecule has 0 bridgehead atoms. The third kappa shape index (κ3) is 3.57. The van der Waals surface area contributed by atoms with Crippen LogP contribution in [0.25, 0.3) is 0 Å². The normalized spacial score (nSPS) is 24.0. The molecule has 0 radical (unpaired) electrons. The molecule has 2 rings (SSSR count). The molecular formula is C17H25F2N. The number of rotatable bonds is 6.